The van der Waals surface area contributed by atoms with E-state index in [1.807, 2.05) is 4.90 Å². The van der Waals surface area contributed by atoms with Crippen LogP contribution in [0.1, 0.15) is 26.2 Å². The number of rotatable bonds is 6. The molecule has 8 heteroatoms. The van der Waals surface area contributed by atoms with Crippen molar-refractivity contribution < 1.29 is 28.2 Å². The Bertz CT molecular complexity index is 700. The van der Waals surface area contributed by atoms with Crippen LogP contribution in [0.25, 0.3) is 0 Å². The predicted molar refractivity (Wildman–Crippen MR) is 90.1 cm³/mol. The molecule has 1 heterocycles. The van der Waals surface area contributed by atoms with Crippen molar-refractivity contribution in [1.82, 2.24) is 4.90 Å². The second kappa shape index (κ2) is 7.19. The summed E-state index contributed by atoms with van der Waals surface area (Å²) in [5.41, 5.74) is -0.609. The van der Waals surface area contributed by atoms with Crippen molar-refractivity contribution >= 4 is 17.6 Å². The minimum absolute atomic E-state index is 0.0460. The maximum atomic E-state index is 12.6. The Balaban J connectivity index is 1.69. The number of carbonyl (C=O) groups is 2. The van der Waals surface area contributed by atoms with Crippen LogP contribution in [-0.2, 0) is 9.59 Å². The molecule has 2 aliphatic rings. The molecule has 1 aromatic carbocycles. The molecule has 0 aromatic heterocycles. The summed E-state index contributed by atoms with van der Waals surface area (Å²) in [6.45, 7) is -0.408. The number of aliphatic carboxylic acids is 1. The van der Waals surface area contributed by atoms with E-state index in [0.717, 1.165) is 12.8 Å². The van der Waals surface area contributed by atoms with Gasteiger partial charge in [-0.25, -0.2) is 0 Å². The Morgan fingerprint density at radius 3 is 2.77 bits per heavy atom. The van der Waals surface area contributed by atoms with Gasteiger partial charge >= 0.3 is 12.6 Å². The van der Waals surface area contributed by atoms with Crippen molar-refractivity contribution in [2.45, 2.75) is 38.8 Å². The van der Waals surface area contributed by atoms with Crippen molar-refractivity contribution in [3.63, 3.8) is 0 Å². The molecule has 1 saturated heterocycles. The number of ether oxygens (including phenoxy) is 1. The van der Waals surface area contributed by atoms with Crippen LogP contribution in [0, 0.1) is 11.3 Å². The molecular weight excluding hydrogens is 346 g/mol. The van der Waals surface area contributed by atoms with Crippen LogP contribution >= 0.6 is 0 Å². The number of fused-ring (bicyclic) bond motifs is 1. The smallest absolute Gasteiger partial charge is 0.387 e. The van der Waals surface area contributed by atoms with Crippen LogP contribution < -0.4 is 10.1 Å². The van der Waals surface area contributed by atoms with Crippen molar-refractivity contribution in [1.29, 1.82) is 0 Å². The van der Waals surface area contributed by atoms with E-state index >= 15 is 0 Å². The lowest BCUT2D eigenvalue weighted by Crippen LogP contribution is -2.43. The van der Waals surface area contributed by atoms with Gasteiger partial charge in [0.25, 0.3) is 0 Å². The van der Waals surface area contributed by atoms with E-state index in [1.54, 1.807) is 13.0 Å². The summed E-state index contributed by atoms with van der Waals surface area (Å²) in [4.78, 5) is 26.2. The first kappa shape index (κ1) is 18.6. The molecular formula is C18H22F2N2O4. The number of hydrogen-bond acceptors (Lipinski definition) is 4. The number of para-hydroxylation sites is 2. The van der Waals surface area contributed by atoms with E-state index in [0.29, 0.717) is 19.5 Å². The predicted octanol–water partition coefficient (Wildman–Crippen LogP) is 2.80. The van der Waals surface area contributed by atoms with Crippen LogP contribution in [0.5, 0.6) is 5.75 Å². The highest BCUT2D eigenvalue weighted by Gasteiger charge is 2.55. The molecule has 3 atom stereocenters. The van der Waals surface area contributed by atoms with Crippen LogP contribution in [0.15, 0.2) is 24.3 Å². The van der Waals surface area contributed by atoms with Gasteiger partial charge in [0.2, 0.25) is 5.91 Å². The average Bonchev–Trinajstić information content (AvgIpc) is 3.13. The number of alkyl halides is 2. The van der Waals surface area contributed by atoms with E-state index in [-0.39, 0.29) is 23.3 Å². The highest BCUT2D eigenvalue weighted by molar-refractivity contribution is 5.96. The molecule has 1 aliphatic heterocycles. The number of anilines is 1. The van der Waals surface area contributed by atoms with E-state index in [1.165, 1.54) is 18.2 Å². The van der Waals surface area contributed by atoms with Crippen molar-refractivity contribution in [3.05, 3.63) is 24.3 Å². The Morgan fingerprint density at radius 1 is 1.38 bits per heavy atom. The monoisotopic (exact) mass is 368 g/mol. The number of halogens is 2. The van der Waals surface area contributed by atoms with Gasteiger partial charge in [-0.05, 0) is 37.8 Å². The number of carboxylic acids is 1. The minimum Gasteiger partial charge on any atom is -0.481 e. The lowest BCUT2D eigenvalue weighted by Gasteiger charge is -2.26. The van der Waals surface area contributed by atoms with Crippen LogP contribution in [0.4, 0.5) is 14.5 Å². The molecule has 1 unspecified atom stereocenters. The molecule has 1 saturated carbocycles. The molecule has 0 spiro atoms. The fraction of sp³-hybridized carbons (Fsp3) is 0.556. The highest BCUT2D eigenvalue weighted by atomic mass is 19.3. The molecule has 2 N–H and O–H groups in total. The fourth-order valence-electron chi connectivity index (χ4n) is 4.14. The first-order valence-electron chi connectivity index (χ1n) is 8.65. The number of carboxylic acid groups (broad SMARTS) is 1. The van der Waals surface area contributed by atoms with Gasteiger partial charge in [-0.15, -0.1) is 0 Å². The Hall–Kier alpha value is -2.22. The third-order valence-electron chi connectivity index (χ3n) is 5.61. The van der Waals surface area contributed by atoms with E-state index in [9.17, 15) is 23.5 Å². The van der Waals surface area contributed by atoms with Gasteiger partial charge in [0.15, 0.2) is 0 Å². The fourth-order valence-corrected chi connectivity index (χ4v) is 4.14. The summed E-state index contributed by atoms with van der Waals surface area (Å²) in [6, 6.07) is 5.41. The third-order valence-corrected chi connectivity index (χ3v) is 5.61. The first-order valence-corrected chi connectivity index (χ1v) is 8.65. The summed E-state index contributed by atoms with van der Waals surface area (Å²) in [5, 5.41) is 12.3. The lowest BCUT2D eigenvalue weighted by atomic mass is 9.81. The van der Waals surface area contributed by atoms with E-state index < -0.39 is 24.0 Å². The Kier molecular flexibility index (Phi) is 5.13. The van der Waals surface area contributed by atoms with Crippen LogP contribution in [0.2, 0.25) is 0 Å². The molecule has 0 bridgehead atoms. The molecule has 1 amide bonds. The van der Waals surface area contributed by atoms with Gasteiger partial charge in [0.05, 0.1) is 17.1 Å². The number of likely N-dealkylation sites (tertiary alicyclic amines) is 1. The van der Waals surface area contributed by atoms with Gasteiger partial charge in [-0.3, -0.25) is 14.5 Å². The molecule has 1 aliphatic carbocycles. The average molecular weight is 368 g/mol. The SMILES string of the molecule is CC(C(=O)Nc1ccccc1OC(F)F)N1C[C@@H]2CCC[C@@]2(C(=O)O)C1. The van der Waals surface area contributed by atoms with E-state index in [4.69, 9.17) is 0 Å². The summed E-state index contributed by atoms with van der Waals surface area (Å²) in [5.74, 6) is -1.24. The number of benzene rings is 1. The quantitative estimate of drug-likeness (QED) is 0.807. The van der Waals surface area contributed by atoms with Gasteiger partial charge in [0.1, 0.15) is 5.75 Å². The molecule has 142 valence electrons. The zero-order valence-corrected chi connectivity index (χ0v) is 14.5. The zero-order valence-electron chi connectivity index (χ0n) is 14.5. The number of nitrogens with zero attached hydrogens (tertiary/aromatic N) is 1. The molecule has 3 rings (SSSR count). The number of nitrogens with one attached hydrogen (secondary N) is 1. The molecule has 26 heavy (non-hydrogen) atoms. The normalized spacial score (nSPS) is 26.5. The highest BCUT2D eigenvalue weighted by Crippen LogP contribution is 2.49. The van der Waals surface area contributed by atoms with E-state index in [2.05, 4.69) is 10.1 Å². The van der Waals surface area contributed by atoms with Gasteiger partial charge in [-0.2, -0.15) is 8.78 Å². The maximum absolute atomic E-state index is 12.6. The third kappa shape index (κ3) is 3.38. The number of amides is 1. The van der Waals surface area contributed by atoms with Crippen LogP contribution in [-0.4, -0.2) is 47.6 Å². The van der Waals surface area contributed by atoms with Gasteiger partial charge in [-0.1, -0.05) is 18.6 Å². The standard InChI is InChI=1S/C18H22F2N2O4/c1-11(22-9-12-5-4-8-18(12,10-22)16(24)25)15(23)21-13-6-2-3-7-14(13)26-17(19)20/h2-3,6-7,11-12,17H,4-5,8-10H2,1H3,(H,21,23)(H,24,25)/t11?,12-,18+/m0/s1. The Morgan fingerprint density at radius 2 is 2.12 bits per heavy atom. The molecule has 2 fully saturated rings. The van der Waals surface area contributed by atoms with Crippen molar-refractivity contribution in [2.75, 3.05) is 18.4 Å². The second-order valence-electron chi connectivity index (χ2n) is 7.02. The van der Waals surface area contributed by atoms with Gasteiger partial charge in [0, 0.05) is 13.1 Å². The molecule has 0 radical (unpaired) electrons. The topological polar surface area (TPSA) is 78.9 Å². The molecule has 6 nitrogen and oxygen atoms in total. The van der Waals surface area contributed by atoms with Crippen LogP contribution in [0.3, 0.4) is 0 Å². The maximum Gasteiger partial charge on any atom is 0.387 e. The van der Waals surface area contributed by atoms with Crippen molar-refractivity contribution in [2.24, 2.45) is 11.3 Å². The number of hydrogen-bond donors (Lipinski definition) is 2. The summed E-state index contributed by atoms with van der Waals surface area (Å²) in [6.07, 6.45) is 2.37. The minimum atomic E-state index is -2.99. The number of carbonyl (C=O) groups excluding carboxylic acids is 1. The second-order valence-corrected chi connectivity index (χ2v) is 7.02. The Labute approximate surface area is 150 Å². The zero-order chi connectivity index (χ0) is 18.9. The summed E-state index contributed by atoms with van der Waals surface area (Å²) in [7, 11) is 0. The lowest BCUT2D eigenvalue weighted by molar-refractivity contribution is -0.149. The largest absolute Gasteiger partial charge is 0.481 e. The molecule has 1 aromatic rings. The summed E-state index contributed by atoms with van der Waals surface area (Å²) >= 11 is 0. The van der Waals surface area contributed by atoms with Crippen molar-refractivity contribution in [3.8, 4) is 5.75 Å². The summed E-state index contributed by atoms with van der Waals surface area (Å²) < 4.78 is 29.4. The van der Waals surface area contributed by atoms with Gasteiger partial charge < -0.3 is 15.2 Å². The first-order chi connectivity index (χ1) is 12.3.